The lowest BCUT2D eigenvalue weighted by Crippen LogP contribution is -2.47. The van der Waals surface area contributed by atoms with Gasteiger partial charge in [0.05, 0.1) is 32.7 Å². The fourth-order valence-corrected chi connectivity index (χ4v) is 5.44. The number of carbonyl (C=O) groups excluding carboxylic acids is 2. The maximum Gasteiger partial charge on any atom is 0.243 e. The van der Waals surface area contributed by atoms with Gasteiger partial charge in [-0.3, -0.25) is 9.59 Å². The summed E-state index contributed by atoms with van der Waals surface area (Å²) >= 11 is 3.17. The molecule has 2 atom stereocenters. The molecule has 0 radical (unpaired) electrons. The lowest BCUT2D eigenvalue weighted by molar-refractivity contribution is -0.139. The fourth-order valence-electron chi connectivity index (χ4n) is 3.92. The first-order chi connectivity index (χ1) is 14.9. The Labute approximate surface area is 190 Å². The summed E-state index contributed by atoms with van der Waals surface area (Å²) in [6.45, 7) is 6.87. The summed E-state index contributed by atoms with van der Waals surface area (Å²) in [5.41, 5.74) is 5.83. The number of nitrogens with one attached hydrogen (secondary N) is 1. The van der Waals surface area contributed by atoms with Crippen molar-refractivity contribution < 1.29 is 9.59 Å². The van der Waals surface area contributed by atoms with Gasteiger partial charge < -0.3 is 10.2 Å². The number of hydrogen-bond acceptors (Lipinski definition) is 6. The number of rotatable bonds is 6. The van der Waals surface area contributed by atoms with Gasteiger partial charge in [-0.25, -0.2) is 9.97 Å². The number of hydrogen-bond donors (Lipinski definition) is 1. The van der Waals surface area contributed by atoms with E-state index >= 15 is 0 Å². The normalized spacial score (nSPS) is 17.0. The van der Waals surface area contributed by atoms with Crippen molar-refractivity contribution in [1.82, 2.24) is 20.2 Å². The van der Waals surface area contributed by atoms with Gasteiger partial charge in [-0.15, -0.1) is 22.7 Å². The zero-order chi connectivity index (χ0) is 22.0. The van der Waals surface area contributed by atoms with Crippen LogP contribution >= 0.6 is 22.7 Å². The van der Waals surface area contributed by atoms with E-state index < -0.39 is 6.04 Å². The highest BCUT2D eigenvalue weighted by atomic mass is 32.1. The van der Waals surface area contributed by atoms with Crippen LogP contribution in [-0.4, -0.2) is 39.3 Å². The SMILES string of the molecule is Cc1nc(C(C)C(=O)N2CCCC2C(=O)NCc2ccc(-c3scnc3C)cc2)cs1. The number of thiazole rings is 2. The van der Waals surface area contributed by atoms with E-state index in [1.165, 1.54) is 4.88 Å². The molecule has 0 saturated carbocycles. The van der Waals surface area contributed by atoms with Gasteiger partial charge in [0.2, 0.25) is 11.8 Å². The van der Waals surface area contributed by atoms with Crippen molar-refractivity contribution in [2.45, 2.75) is 52.1 Å². The van der Waals surface area contributed by atoms with Crippen molar-refractivity contribution in [3.8, 4) is 10.4 Å². The van der Waals surface area contributed by atoms with Crippen LogP contribution in [0.2, 0.25) is 0 Å². The Morgan fingerprint density at radius 3 is 2.65 bits per heavy atom. The molecule has 3 aromatic rings. The lowest BCUT2D eigenvalue weighted by atomic mass is 10.1. The first-order valence-electron chi connectivity index (χ1n) is 10.4. The smallest absolute Gasteiger partial charge is 0.243 e. The van der Waals surface area contributed by atoms with Gasteiger partial charge in [-0.1, -0.05) is 24.3 Å². The Hall–Kier alpha value is -2.58. The molecule has 0 spiro atoms. The molecule has 162 valence electrons. The average molecular weight is 455 g/mol. The number of benzene rings is 1. The highest BCUT2D eigenvalue weighted by Crippen LogP contribution is 2.28. The molecular formula is C23H26N4O2S2. The molecule has 2 amide bonds. The van der Waals surface area contributed by atoms with Gasteiger partial charge >= 0.3 is 0 Å². The van der Waals surface area contributed by atoms with Crippen molar-refractivity contribution in [1.29, 1.82) is 0 Å². The summed E-state index contributed by atoms with van der Waals surface area (Å²) in [7, 11) is 0. The number of nitrogens with zero attached hydrogens (tertiary/aromatic N) is 3. The van der Waals surface area contributed by atoms with E-state index in [0.717, 1.165) is 33.9 Å². The summed E-state index contributed by atoms with van der Waals surface area (Å²) in [5, 5.41) is 5.90. The third kappa shape index (κ3) is 4.70. The zero-order valence-corrected chi connectivity index (χ0v) is 19.6. The van der Waals surface area contributed by atoms with Gasteiger partial charge in [0.1, 0.15) is 6.04 Å². The van der Waals surface area contributed by atoms with Crippen LogP contribution in [0.1, 0.15) is 47.6 Å². The van der Waals surface area contributed by atoms with E-state index in [1.807, 2.05) is 43.8 Å². The predicted octanol–water partition coefficient (Wildman–Crippen LogP) is 4.29. The number of likely N-dealkylation sites (tertiary alicyclic amines) is 1. The van der Waals surface area contributed by atoms with E-state index in [9.17, 15) is 9.59 Å². The van der Waals surface area contributed by atoms with Gasteiger partial charge in [0.15, 0.2) is 0 Å². The van der Waals surface area contributed by atoms with Crippen LogP contribution in [-0.2, 0) is 16.1 Å². The van der Waals surface area contributed by atoms with Crippen molar-refractivity contribution in [2.75, 3.05) is 6.54 Å². The molecule has 1 fully saturated rings. The molecule has 1 aromatic carbocycles. The predicted molar refractivity (Wildman–Crippen MR) is 124 cm³/mol. The van der Waals surface area contributed by atoms with E-state index in [0.29, 0.717) is 19.5 Å². The number of aryl methyl sites for hydroxylation is 2. The highest BCUT2D eigenvalue weighted by molar-refractivity contribution is 7.13. The molecule has 3 heterocycles. The molecule has 8 heteroatoms. The van der Waals surface area contributed by atoms with Crippen LogP contribution in [0.15, 0.2) is 35.2 Å². The Bertz CT molecular complexity index is 1070. The zero-order valence-electron chi connectivity index (χ0n) is 17.9. The Morgan fingerprint density at radius 2 is 2.00 bits per heavy atom. The summed E-state index contributed by atoms with van der Waals surface area (Å²) in [4.78, 5) is 37.5. The Morgan fingerprint density at radius 1 is 1.23 bits per heavy atom. The summed E-state index contributed by atoms with van der Waals surface area (Å²) in [6, 6.07) is 7.77. The van der Waals surface area contributed by atoms with Gasteiger partial charge in [0.25, 0.3) is 0 Å². The van der Waals surface area contributed by atoms with Gasteiger partial charge in [-0.2, -0.15) is 0 Å². The van der Waals surface area contributed by atoms with E-state index in [1.54, 1.807) is 27.6 Å². The minimum absolute atomic E-state index is 0.0211. The molecule has 2 aromatic heterocycles. The maximum atomic E-state index is 13.0. The monoisotopic (exact) mass is 454 g/mol. The molecule has 31 heavy (non-hydrogen) atoms. The topological polar surface area (TPSA) is 75.2 Å². The molecule has 1 saturated heterocycles. The first kappa shape index (κ1) is 21.6. The number of amides is 2. The molecule has 2 unspecified atom stereocenters. The summed E-state index contributed by atoms with van der Waals surface area (Å²) < 4.78 is 0. The molecule has 6 nitrogen and oxygen atoms in total. The fraction of sp³-hybridized carbons (Fsp3) is 0.391. The van der Waals surface area contributed by atoms with Gasteiger partial charge in [-0.05, 0) is 44.7 Å². The van der Waals surface area contributed by atoms with Gasteiger partial charge in [0, 0.05) is 18.5 Å². The third-order valence-electron chi connectivity index (χ3n) is 5.72. The van der Waals surface area contributed by atoms with E-state index in [2.05, 4.69) is 27.4 Å². The van der Waals surface area contributed by atoms with E-state index in [-0.39, 0.29) is 17.7 Å². The lowest BCUT2D eigenvalue weighted by Gasteiger charge is -2.26. The molecule has 0 bridgehead atoms. The van der Waals surface area contributed by atoms with Crippen molar-refractivity contribution in [3.05, 3.63) is 57.1 Å². The second-order valence-electron chi connectivity index (χ2n) is 7.88. The molecule has 1 aliphatic heterocycles. The van der Waals surface area contributed by atoms with Crippen molar-refractivity contribution >= 4 is 34.5 Å². The van der Waals surface area contributed by atoms with Crippen LogP contribution < -0.4 is 5.32 Å². The second-order valence-corrected chi connectivity index (χ2v) is 9.80. The summed E-state index contributed by atoms with van der Waals surface area (Å²) in [5.74, 6) is -0.441. The minimum Gasteiger partial charge on any atom is -0.350 e. The van der Waals surface area contributed by atoms with Crippen LogP contribution in [0.4, 0.5) is 0 Å². The van der Waals surface area contributed by atoms with Crippen LogP contribution in [0.25, 0.3) is 10.4 Å². The molecule has 1 aliphatic rings. The van der Waals surface area contributed by atoms with Crippen molar-refractivity contribution in [2.24, 2.45) is 0 Å². The molecule has 4 rings (SSSR count). The first-order valence-corrected chi connectivity index (χ1v) is 12.2. The number of carbonyl (C=O) groups is 2. The van der Waals surface area contributed by atoms with Crippen LogP contribution in [0.5, 0.6) is 0 Å². The summed E-state index contributed by atoms with van der Waals surface area (Å²) in [6.07, 6.45) is 1.54. The number of aromatic nitrogens is 2. The molecule has 1 N–H and O–H groups in total. The molecule has 0 aliphatic carbocycles. The van der Waals surface area contributed by atoms with Crippen LogP contribution in [0, 0.1) is 13.8 Å². The second kappa shape index (κ2) is 9.28. The minimum atomic E-state index is -0.409. The quantitative estimate of drug-likeness (QED) is 0.603. The average Bonchev–Trinajstić information content (AvgIpc) is 3.52. The Balaban J connectivity index is 1.36. The van der Waals surface area contributed by atoms with E-state index in [4.69, 9.17) is 0 Å². The van der Waals surface area contributed by atoms with Crippen molar-refractivity contribution in [3.63, 3.8) is 0 Å². The standard InChI is InChI=1S/C23H26N4O2S2/c1-14(19-12-30-16(3)26-19)23(29)27-10-4-5-20(27)22(28)24-11-17-6-8-18(9-7-17)21-15(2)25-13-31-21/h6-9,12-14,20H,4-5,10-11H2,1-3H3,(H,24,28). The van der Waals surface area contributed by atoms with Crippen LogP contribution in [0.3, 0.4) is 0 Å². The Kier molecular flexibility index (Phi) is 6.48. The maximum absolute atomic E-state index is 13.0. The molecular weight excluding hydrogens is 428 g/mol. The largest absolute Gasteiger partial charge is 0.350 e. The highest BCUT2D eigenvalue weighted by Gasteiger charge is 2.36. The third-order valence-corrected chi connectivity index (χ3v) is 7.49.